The number of aryl methyl sites for hydroxylation is 1. The maximum atomic E-state index is 12.6. The maximum absolute atomic E-state index is 12.6. The lowest BCUT2D eigenvalue weighted by molar-refractivity contribution is 0.215. The summed E-state index contributed by atoms with van der Waals surface area (Å²) in [4.78, 5) is 12.8. The molecule has 182 valence electrons. The molecule has 0 bridgehead atoms. The van der Waals surface area contributed by atoms with Crippen LogP contribution in [-0.2, 0) is 26.5 Å². The third-order valence-electron chi connectivity index (χ3n) is 5.77. The van der Waals surface area contributed by atoms with E-state index in [-0.39, 0.29) is 10.3 Å². The molecule has 3 aromatic carbocycles. The molecule has 0 fully saturated rings. The van der Waals surface area contributed by atoms with Gasteiger partial charge in [-0.1, -0.05) is 66.4 Å². The third-order valence-corrected chi connectivity index (χ3v) is 8.33. The van der Waals surface area contributed by atoms with Crippen LogP contribution < -0.4 is 5.43 Å². The van der Waals surface area contributed by atoms with E-state index < -0.39 is 16.2 Å². The maximum Gasteiger partial charge on any atom is 0.297 e. The van der Waals surface area contributed by atoms with E-state index in [9.17, 15) is 13.2 Å². The van der Waals surface area contributed by atoms with E-state index in [0.717, 1.165) is 18.4 Å². The Morgan fingerprint density at radius 2 is 1.57 bits per heavy atom. The van der Waals surface area contributed by atoms with Crippen LogP contribution in [-0.4, -0.2) is 14.5 Å². The van der Waals surface area contributed by atoms with Gasteiger partial charge in [0.25, 0.3) is 10.1 Å². The van der Waals surface area contributed by atoms with Gasteiger partial charge in [-0.2, -0.15) is 8.42 Å². The van der Waals surface area contributed by atoms with Gasteiger partial charge in [0.05, 0.1) is 16.4 Å². The predicted octanol–water partition coefficient (Wildman–Crippen LogP) is 6.51. The SMILES string of the molecule is Cc1c(SCc2ccc(CCCC(C)OS(=O)(=O)c3ccccc3)cc2)oc2ccccc2c1=O. The molecule has 0 N–H and O–H groups in total. The van der Waals surface area contributed by atoms with Crippen LogP contribution >= 0.6 is 11.8 Å². The Bertz CT molecular complexity index is 1440. The summed E-state index contributed by atoms with van der Waals surface area (Å²) in [6.07, 6.45) is 1.91. The molecule has 0 aliphatic heterocycles. The first-order chi connectivity index (χ1) is 16.8. The summed E-state index contributed by atoms with van der Waals surface area (Å²) in [7, 11) is -3.74. The smallest absolute Gasteiger partial charge is 0.297 e. The number of hydrogen-bond acceptors (Lipinski definition) is 6. The first-order valence-electron chi connectivity index (χ1n) is 11.5. The van der Waals surface area contributed by atoms with Gasteiger partial charge in [0.15, 0.2) is 10.5 Å². The van der Waals surface area contributed by atoms with Gasteiger partial charge in [0.1, 0.15) is 5.58 Å². The molecule has 0 aliphatic carbocycles. The Morgan fingerprint density at radius 1 is 0.914 bits per heavy atom. The van der Waals surface area contributed by atoms with E-state index in [0.29, 0.717) is 33.8 Å². The van der Waals surface area contributed by atoms with Crippen molar-refractivity contribution in [2.45, 2.75) is 55.0 Å². The largest absolute Gasteiger partial charge is 0.449 e. The van der Waals surface area contributed by atoms with Crippen molar-refractivity contribution < 1.29 is 17.0 Å². The molecule has 4 rings (SSSR count). The highest BCUT2D eigenvalue weighted by Gasteiger charge is 2.18. The van der Waals surface area contributed by atoms with Crippen molar-refractivity contribution in [2.24, 2.45) is 0 Å². The summed E-state index contributed by atoms with van der Waals surface area (Å²) in [5.74, 6) is 0.699. The van der Waals surface area contributed by atoms with Crippen LogP contribution in [0.2, 0.25) is 0 Å². The van der Waals surface area contributed by atoms with Crippen molar-refractivity contribution in [3.8, 4) is 0 Å². The predicted molar refractivity (Wildman–Crippen MR) is 140 cm³/mol. The normalized spacial score (nSPS) is 12.6. The highest BCUT2D eigenvalue weighted by atomic mass is 32.2. The molecule has 1 unspecified atom stereocenters. The van der Waals surface area contributed by atoms with Gasteiger partial charge < -0.3 is 4.42 Å². The van der Waals surface area contributed by atoms with Crippen molar-refractivity contribution in [3.63, 3.8) is 0 Å². The lowest BCUT2D eigenvalue weighted by Crippen LogP contribution is -2.15. The van der Waals surface area contributed by atoms with E-state index in [1.54, 1.807) is 38.1 Å². The molecule has 0 radical (unpaired) electrons. The average molecular weight is 509 g/mol. The molecular weight excluding hydrogens is 480 g/mol. The molecule has 35 heavy (non-hydrogen) atoms. The van der Waals surface area contributed by atoms with Crippen LogP contribution in [0, 0.1) is 6.92 Å². The van der Waals surface area contributed by atoms with Gasteiger partial charge in [-0.25, -0.2) is 0 Å². The fraction of sp³-hybridized carbons (Fsp3) is 0.250. The van der Waals surface area contributed by atoms with Crippen molar-refractivity contribution >= 4 is 32.8 Å². The molecular formula is C28H28O5S2. The molecule has 0 amide bonds. The Morgan fingerprint density at radius 3 is 2.31 bits per heavy atom. The van der Waals surface area contributed by atoms with Gasteiger partial charge in [-0.05, 0) is 68.5 Å². The van der Waals surface area contributed by atoms with Gasteiger partial charge in [0, 0.05) is 11.3 Å². The van der Waals surface area contributed by atoms with Crippen molar-refractivity contribution in [2.75, 3.05) is 0 Å². The quantitative estimate of drug-likeness (QED) is 0.180. The average Bonchev–Trinajstić information content (AvgIpc) is 2.86. The summed E-state index contributed by atoms with van der Waals surface area (Å²) < 4.78 is 36.0. The molecule has 1 heterocycles. The van der Waals surface area contributed by atoms with Crippen LogP contribution in [0.4, 0.5) is 0 Å². The number of para-hydroxylation sites is 1. The van der Waals surface area contributed by atoms with Gasteiger partial charge in [-0.3, -0.25) is 8.98 Å². The summed E-state index contributed by atoms with van der Waals surface area (Å²) in [5, 5.41) is 1.26. The monoisotopic (exact) mass is 508 g/mol. The van der Waals surface area contributed by atoms with E-state index in [1.807, 2.05) is 18.2 Å². The molecule has 0 saturated carbocycles. The number of thioether (sulfide) groups is 1. The second kappa shape index (κ2) is 11.2. The lowest BCUT2D eigenvalue weighted by atomic mass is 10.1. The zero-order chi connectivity index (χ0) is 24.8. The minimum absolute atomic E-state index is 0.0134. The first-order valence-corrected chi connectivity index (χ1v) is 13.9. The fourth-order valence-electron chi connectivity index (χ4n) is 3.80. The van der Waals surface area contributed by atoms with E-state index >= 15 is 0 Å². The highest BCUT2D eigenvalue weighted by Crippen LogP contribution is 2.28. The van der Waals surface area contributed by atoms with Gasteiger partial charge >= 0.3 is 0 Å². The summed E-state index contributed by atoms with van der Waals surface area (Å²) in [6, 6.07) is 23.9. The molecule has 5 nitrogen and oxygen atoms in total. The number of benzene rings is 3. The molecule has 7 heteroatoms. The van der Waals surface area contributed by atoms with E-state index in [4.69, 9.17) is 8.60 Å². The Balaban J connectivity index is 1.28. The number of hydrogen-bond donors (Lipinski definition) is 0. The van der Waals surface area contributed by atoms with Crippen molar-refractivity contribution in [3.05, 3.63) is 106 Å². The summed E-state index contributed by atoms with van der Waals surface area (Å²) in [6.45, 7) is 3.59. The molecule has 4 aromatic rings. The Hall–Kier alpha value is -2.87. The minimum atomic E-state index is -3.74. The van der Waals surface area contributed by atoms with Gasteiger partial charge in [0.2, 0.25) is 0 Å². The second-order valence-corrected chi connectivity index (χ2v) is 11.0. The minimum Gasteiger partial charge on any atom is -0.449 e. The molecule has 0 saturated heterocycles. The second-order valence-electron chi connectivity index (χ2n) is 8.51. The van der Waals surface area contributed by atoms with Crippen molar-refractivity contribution in [1.82, 2.24) is 0 Å². The standard InChI is InChI=1S/C28H28O5S2/c1-20(33-35(30,31)24-11-4-3-5-12-24)9-8-10-22-15-17-23(18-16-22)19-34-28-21(2)27(29)25-13-6-7-14-26(25)32-28/h3-7,11-18,20H,8-10,19H2,1-2H3. The molecule has 0 spiro atoms. The van der Waals surface area contributed by atoms with Crippen molar-refractivity contribution in [1.29, 1.82) is 0 Å². The van der Waals surface area contributed by atoms with Crippen LogP contribution in [0.1, 0.15) is 36.5 Å². The van der Waals surface area contributed by atoms with E-state index in [2.05, 4.69) is 24.3 Å². The topological polar surface area (TPSA) is 73.6 Å². The van der Waals surface area contributed by atoms with E-state index in [1.165, 1.54) is 29.5 Å². The first kappa shape index (κ1) is 25.2. The summed E-state index contributed by atoms with van der Waals surface area (Å²) in [5.41, 5.74) is 3.58. The van der Waals surface area contributed by atoms with Gasteiger partial charge in [-0.15, -0.1) is 0 Å². The zero-order valence-corrected chi connectivity index (χ0v) is 21.4. The lowest BCUT2D eigenvalue weighted by Gasteiger charge is -2.13. The molecule has 0 aliphatic rings. The van der Waals surface area contributed by atoms with Crippen LogP contribution in [0.15, 0.2) is 98.1 Å². The zero-order valence-electron chi connectivity index (χ0n) is 19.8. The Kier molecular flexibility index (Phi) is 8.11. The highest BCUT2D eigenvalue weighted by molar-refractivity contribution is 7.98. The number of rotatable bonds is 10. The Labute approximate surface area is 210 Å². The van der Waals surface area contributed by atoms with Crippen LogP contribution in [0.25, 0.3) is 11.0 Å². The summed E-state index contributed by atoms with van der Waals surface area (Å²) >= 11 is 1.52. The molecule has 1 aromatic heterocycles. The molecule has 1 atom stereocenters. The fourth-order valence-corrected chi connectivity index (χ4v) is 5.88. The van der Waals surface area contributed by atoms with Crippen LogP contribution in [0.3, 0.4) is 0 Å². The number of fused-ring (bicyclic) bond motifs is 1. The van der Waals surface area contributed by atoms with Crippen LogP contribution in [0.5, 0.6) is 0 Å². The third kappa shape index (κ3) is 6.42.